The second-order valence-corrected chi connectivity index (χ2v) is 6.92. The smallest absolute Gasteiger partial charge is 0.331 e. The van der Waals surface area contributed by atoms with Crippen molar-refractivity contribution in [1.29, 1.82) is 0 Å². The van der Waals surface area contributed by atoms with Crippen LogP contribution in [0.4, 0.5) is 0 Å². The van der Waals surface area contributed by atoms with E-state index in [9.17, 15) is 9.59 Å². The third kappa shape index (κ3) is 4.52. The van der Waals surface area contributed by atoms with Crippen LogP contribution < -0.4 is 0 Å². The molecule has 2 aromatic heterocycles. The maximum Gasteiger partial charge on any atom is 0.331 e. The van der Waals surface area contributed by atoms with Crippen molar-refractivity contribution in [3.8, 4) is 0 Å². The molecule has 1 aliphatic rings. The summed E-state index contributed by atoms with van der Waals surface area (Å²) in [5.41, 5.74) is 1.56. The van der Waals surface area contributed by atoms with E-state index in [1.54, 1.807) is 36.4 Å². The summed E-state index contributed by atoms with van der Waals surface area (Å²) < 4.78 is 15.7. The predicted molar refractivity (Wildman–Crippen MR) is 110 cm³/mol. The Morgan fingerprint density at radius 1 is 1.13 bits per heavy atom. The van der Waals surface area contributed by atoms with Crippen molar-refractivity contribution in [2.24, 2.45) is 5.10 Å². The number of nitrogens with zero attached hydrogens (tertiary/aromatic N) is 2. The molecule has 3 heterocycles. The highest BCUT2D eigenvalue weighted by Gasteiger charge is 2.35. The second-order valence-electron chi connectivity index (χ2n) is 6.48. The Morgan fingerprint density at radius 3 is 2.60 bits per heavy atom. The molecule has 0 aliphatic carbocycles. The number of amides is 1. The van der Waals surface area contributed by atoms with Gasteiger partial charge in [-0.25, -0.2) is 9.80 Å². The molecule has 1 unspecified atom stereocenters. The average molecular weight is 425 g/mol. The van der Waals surface area contributed by atoms with Crippen molar-refractivity contribution in [1.82, 2.24) is 5.01 Å². The first-order valence-electron chi connectivity index (χ1n) is 9.17. The zero-order valence-corrected chi connectivity index (χ0v) is 16.5. The number of furan rings is 2. The number of ether oxygens (including phenoxy) is 1. The highest BCUT2D eigenvalue weighted by Crippen LogP contribution is 2.33. The van der Waals surface area contributed by atoms with Gasteiger partial charge in [0.05, 0.1) is 18.2 Å². The number of hydrazone groups is 1. The van der Waals surface area contributed by atoms with Crippen molar-refractivity contribution in [2.75, 3.05) is 6.61 Å². The van der Waals surface area contributed by atoms with Crippen LogP contribution in [0.15, 0.2) is 81.1 Å². The van der Waals surface area contributed by atoms with Crippen LogP contribution in [-0.2, 0) is 14.3 Å². The molecule has 7 nitrogen and oxygen atoms in total. The minimum absolute atomic E-state index is 0.421. The third-order valence-corrected chi connectivity index (χ3v) is 4.73. The summed E-state index contributed by atoms with van der Waals surface area (Å²) in [4.78, 5) is 24.7. The number of esters is 1. The standard InChI is InChI=1S/C22H17ClN2O5/c23-16-7-5-15(6-8-16)18-13-19(20-4-2-12-29-20)25(24-18)21(26)14-30-22(27)10-9-17-3-1-11-28-17/h1-12,19H,13-14H2/b10-9+. The van der Waals surface area contributed by atoms with Gasteiger partial charge in [0.2, 0.25) is 0 Å². The SMILES string of the molecule is O=C(/C=C/c1ccco1)OCC(=O)N1N=C(c2ccc(Cl)cc2)CC1c1ccco1. The molecule has 8 heteroatoms. The summed E-state index contributed by atoms with van der Waals surface area (Å²) in [6.07, 6.45) is 6.16. The maximum atomic E-state index is 12.8. The summed E-state index contributed by atoms with van der Waals surface area (Å²) in [5, 5.41) is 6.37. The number of hydrogen-bond donors (Lipinski definition) is 0. The Hall–Kier alpha value is -3.58. The maximum absolute atomic E-state index is 12.8. The van der Waals surface area contributed by atoms with E-state index in [-0.39, 0.29) is 0 Å². The van der Waals surface area contributed by atoms with Crippen LogP contribution in [0.25, 0.3) is 6.08 Å². The van der Waals surface area contributed by atoms with Gasteiger partial charge in [0.15, 0.2) is 6.61 Å². The lowest BCUT2D eigenvalue weighted by Gasteiger charge is -2.19. The molecule has 0 fully saturated rings. The van der Waals surface area contributed by atoms with E-state index in [0.29, 0.717) is 28.7 Å². The van der Waals surface area contributed by atoms with Gasteiger partial charge in [-0.1, -0.05) is 23.7 Å². The van der Waals surface area contributed by atoms with E-state index in [2.05, 4.69) is 5.10 Å². The van der Waals surface area contributed by atoms with Crippen LogP contribution in [0, 0.1) is 0 Å². The van der Waals surface area contributed by atoms with E-state index in [1.165, 1.54) is 29.7 Å². The van der Waals surface area contributed by atoms with Gasteiger partial charge in [-0.05, 0) is 48.0 Å². The van der Waals surface area contributed by atoms with Crippen molar-refractivity contribution < 1.29 is 23.2 Å². The summed E-state index contributed by atoms with van der Waals surface area (Å²) >= 11 is 5.96. The minimum Gasteiger partial charge on any atom is -0.467 e. The van der Waals surface area contributed by atoms with Gasteiger partial charge in [-0.2, -0.15) is 5.10 Å². The van der Waals surface area contributed by atoms with Crippen LogP contribution in [0.3, 0.4) is 0 Å². The first-order valence-corrected chi connectivity index (χ1v) is 9.55. The monoisotopic (exact) mass is 424 g/mol. The third-order valence-electron chi connectivity index (χ3n) is 4.48. The molecule has 3 aromatic rings. The Bertz CT molecular complexity index is 1070. The van der Waals surface area contributed by atoms with E-state index < -0.39 is 24.5 Å². The van der Waals surface area contributed by atoms with Gasteiger partial charge < -0.3 is 13.6 Å². The topological polar surface area (TPSA) is 85.2 Å². The van der Waals surface area contributed by atoms with Crippen LogP contribution in [0.5, 0.6) is 0 Å². The lowest BCUT2D eigenvalue weighted by molar-refractivity contribution is -0.149. The molecule has 0 N–H and O–H groups in total. The van der Waals surface area contributed by atoms with Crippen LogP contribution in [0.2, 0.25) is 5.02 Å². The number of halogens is 1. The molecular weight excluding hydrogens is 408 g/mol. The molecule has 1 aliphatic heterocycles. The molecule has 0 saturated heterocycles. The first kappa shape index (κ1) is 19.7. The lowest BCUT2D eigenvalue weighted by Crippen LogP contribution is -2.31. The molecule has 0 radical (unpaired) electrons. The number of benzene rings is 1. The highest BCUT2D eigenvalue weighted by atomic mass is 35.5. The zero-order chi connectivity index (χ0) is 20.9. The van der Waals surface area contributed by atoms with Crippen molar-refractivity contribution in [3.05, 3.63) is 89.2 Å². The summed E-state index contributed by atoms with van der Waals surface area (Å²) in [6, 6.07) is 13.7. The average Bonchev–Trinajstić information content (AvgIpc) is 3.52. The number of rotatable bonds is 6. The molecule has 0 spiro atoms. The van der Waals surface area contributed by atoms with E-state index in [1.807, 2.05) is 12.1 Å². The van der Waals surface area contributed by atoms with Crippen LogP contribution in [0.1, 0.15) is 29.5 Å². The van der Waals surface area contributed by atoms with Gasteiger partial charge in [-0.3, -0.25) is 4.79 Å². The molecule has 0 bridgehead atoms. The lowest BCUT2D eigenvalue weighted by atomic mass is 10.0. The fraction of sp³-hybridized carbons (Fsp3) is 0.136. The molecule has 1 aromatic carbocycles. The van der Waals surface area contributed by atoms with Gasteiger partial charge in [0.25, 0.3) is 5.91 Å². The van der Waals surface area contributed by atoms with E-state index in [0.717, 1.165) is 5.56 Å². The Labute approximate surface area is 177 Å². The van der Waals surface area contributed by atoms with E-state index >= 15 is 0 Å². The van der Waals surface area contributed by atoms with E-state index in [4.69, 9.17) is 25.2 Å². The Kier molecular flexibility index (Phi) is 5.81. The summed E-state index contributed by atoms with van der Waals surface area (Å²) in [7, 11) is 0. The summed E-state index contributed by atoms with van der Waals surface area (Å²) in [5.74, 6) is -0.0106. The highest BCUT2D eigenvalue weighted by molar-refractivity contribution is 6.30. The number of carbonyl (C=O) groups excluding carboxylic acids is 2. The molecule has 4 rings (SSSR count). The quantitative estimate of drug-likeness (QED) is 0.430. The van der Waals surface area contributed by atoms with Gasteiger partial charge in [-0.15, -0.1) is 0 Å². The largest absolute Gasteiger partial charge is 0.467 e. The van der Waals surface area contributed by atoms with Gasteiger partial charge in [0.1, 0.15) is 17.6 Å². The first-order chi connectivity index (χ1) is 14.6. The fourth-order valence-electron chi connectivity index (χ4n) is 3.04. The normalized spacial score (nSPS) is 16.1. The molecule has 1 amide bonds. The second kappa shape index (κ2) is 8.84. The number of carbonyl (C=O) groups is 2. The Balaban J connectivity index is 1.46. The van der Waals surface area contributed by atoms with Crippen LogP contribution >= 0.6 is 11.6 Å². The van der Waals surface area contributed by atoms with Crippen molar-refractivity contribution in [2.45, 2.75) is 12.5 Å². The minimum atomic E-state index is -0.657. The fourth-order valence-corrected chi connectivity index (χ4v) is 3.17. The van der Waals surface area contributed by atoms with Crippen molar-refractivity contribution >= 4 is 35.3 Å². The summed E-state index contributed by atoms with van der Waals surface area (Å²) in [6.45, 7) is -0.448. The van der Waals surface area contributed by atoms with Crippen molar-refractivity contribution in [3.63, 3.8) is 0 Å². The molecule has 0 saturated carbocycles. The molecule has 1 atom stereocenters. The zero-order valence-electron chi connectivity index (χ0n) is 15.7. The molecular formula is C22H17ClN2O5. The predicted octanol–water partition coefficient (Wildman–Crippen LogP) is 4.46. The van der Waals surface area contributed by atoms with Gasteiger partial charge in [0, 0.05) is 17.5 Å². The Morgan fingerprint density at radius 2 is 1.90 bits per heavy atom. The van der Waals surface area contributed by atoms with Crippen LogP contribution in [-0.4, -0.2) is 29.2 Å². The molecule has 30 heavy (non-hydrogen) atoms. The number of hydrogen-bond acceptors (Lipinski definition) is 6. The van der Waals surface area contributed by atoms with Gasteiger partial charge >= 0.3 is 5.97 Å². The molecule has 152 valence electrons.